The van der Waals surface area contributed by atoms with Gasteiger partial charge >= 0.3 is 6.09 Å². The molecule has 2 aromatic carbocycles. The molecule has 8 heteroatoms. The Kier molecular flexibility index (Phi) is 9.08. The minimum Gasteiger partial charge on any atom is -0.488 e. The maximum atomic E-state index is 12.3. The van der Waals surface area contributed by atoms with E-state index in [4.69, 9.17) is 30.8 Å². The van der Waals surface area contributed by atoms with Crippen LogP contribution >= 0.6 is 11.6 Å². The van der Waals surface area contributed by atoms with E-state index in [1.165, 1.54) is 5.56 Å². The lowest BCUT2D eigenvalue weighted by atomic mass is 9.90. The number of ether oxygens (including phenoxy) is 3. The van der Waals surface area contributed by atoms with Crippen LogP contribution in [0.1, 0.15) is 71.7 Å². The van der Waals surface area contributed by atoms with Crippen molar-refractivity contribution >= 4 is 28.7 Å². The third-order valence-electron chi connectivity index (χ3n) is 6.61. The molecule has 206 valence electrons. The molecule has 4 rings (SSSR count). The highest BCUT2D eigenvalue weighted by Gasteiger charge is 2.26. The van der Waals surface area contributed by atoms with E-state index in [1.807, 2.05) is 51.7 Å². The second-order valence-corrected chi connectivity index (χ2v) is 11.8. The van der Waals surface area contributed by atoms with Crippen molar-refractivity contribution in [2.75, 3.05) is 13.1 Å². The molecule has 7 nitrogen and oxygen atoms in total. The number of halogens is 1. The number of carbonyl (C=O) groups excluding carboxylic acids is 1. The van der Waals surface area contributed by atoms with E-state index in [0.717, 1.165) is 73.6 Å². The number of nitrogens with zero attached hydrogens (tertiary/aromatic N) is 2. The van der Waals surface area contributed by atoms with Crippen LogP contribution in [0, 0.1) is 5.92 Å². The van der Waals surface area contributed by atoms with Gasteiger partial charge in [0.2, 0.25) is 0 Å². The number of aryl methyl sites for hydroxylation is 1. The lowest BCUT2D eigenvalue weighted by Crippen LogP contribution is -2.41. The van der Waals surface area contributed by atoms with Crippen molar-refractivity contribution < 1.29 is 19.0 Å². The summed E-state index contributed by atoms with van der Waals surface area (Å²) in [5.74, 6) is 2.96. The number of hydrogen-bond donors (Lipinski definition) is 1. The Bertz CT molecular complexity index is 1210. The first-order valence-electron chi connectivity index (χ1n) is 13.6. The van der Waals surface area contributed by atoms with Gasteiger partial charge < -0.3 is 24.1 Å². The van der Waals surface area contributed by atoms with Gasteiger partial charge in [-0.3, -0.25) is 0 Å². The van der Waals surface area contributed by atoms with E-state index in [1.54, 1.807) is 12.1 Å². The smallest absolute Gasteiger partial charge is 0.410 e. The van der Waals surface area contributed by atoms with Crippen LogP contribution in [0.25, 0.3) is 11.0 Å². The molecule has 1 N–H and O–H groups in total. The van der Waals surface area contributed by atoms with Crippen molar-refractivity contribution in [1.29, 1.82) is 0 Å². The monoisotopic (exact) mass is 541 g/mol. The fourth-order valence-electron chi connectivity index (χ4n) is 4.77. The molecule has 1 fully saturated rings. The highest BCUT2D eigenvalue weighted by Crippen LogP contribution is 2.32. The molecule has 0 saturated carbocycles. The average Bonchev–Trinajstić information content (AvgIpc) is 3.27. The van der Waals surface area contributed by atoms with Crippen molar-refractivity contribution in [2.45, 2.75) is 85.0 Å². The SMILES string of the molecule is CC(C)Oc1c(CCCC2CCN(C(=O)OC(C)(C)C)CC2)ccc2[nH]c(COc3ccc(Cl)cc3)nc12. The van der Waals surface area contributed by atoms with Crippen LogP contribution in [0.5, 0.6) is 11.5 Å². The van der Waals surface area contributed by atoms with Crippen molar-refractivity contribution in [3.8, 4) is 11.5 Å². The van der Waals surface area contributed by atoms with Gasteiger partial charge in [-0.1, -0.05) is 17.7 Å². The summed E-state index contributed by atoms with van der Waals surface area (Å²) in [6.45, 7) is 11.7. The quantitative estimate of drug-likeness (QED) is 0.302. The summed E-state index contributed by atoms with van der Waals surface area (Å²) < 4.78 is 17.7. The number of likely N-dealkylation sites (tertiary alicyclic amines) is 1. The number of fused-ring (bicyclic) bond motifs is 1. The highest BCUT2D eigenvalue weighted by molar-refractivity contribution is 6.30. The summed E-state index contributed by atoms with van der Waals surface area (Å²) >= 11 is 5.97. The zero-order valence-corrected chi connectivity index (χ0v) is 23.9. The van der Waals surface area contributed by atoms with Gasteiger partial charge in [0.25, 0.3) is 0 Å². The summed E-state index contributed by atoms with van der Waals surface area (Å²) in [5.41, 5.74) is 2.50. The lowest BCUT2D eigenvalue weighted by molar-refractivity contribution is 0.0180. The number of aromatic amines is 1. The van der Waals surface area contributed by atoms with Crippen LogP contribution in [-0.4, -0.2) is 45.8 Å². The maximum Gasteiger partial charge on any atom is 0.410 e. The molecule has 3 aromatic rings. The second-order valence-electron chi connectivity index (χ2n) is 11.3. The van der Waals surface area contributed by atoms with Gasteiger partial charge in [-0.05, 0) is 109 Å². The Morgan fingerprint density at radius 1 is 1.13 bits per heavy atom. The second kappa shape index (κ2) is 12.3. The van der Waals surface area contributed by atoms with E-state index in [2.05, 4.69) is 17.1 Å². The topological polar surface area (TPSA) is 76.7 Å². The standard InChI is InChI=1S/C30H40ClN3O4/c1-20(2)37-28-22(8-6-7-21-15-17-34(18-16-21)29(35)38-30(3,4)5)9-14-25-27(28)33-26(32-25)19-36-24-12-10-23(31)11-13-24/h9-14,20-21H,6-8,15-19H2,1-5H3,(H,32,33). The number of amides is 1. The fraction of sp³-hybridized carbons (Fsp3) is 0.533. The molecular formula is C30H40ClN3O4. The largest absolute Gasteiger partial charge is 0.488 e. The Hall–Kier alpha value is -2.93. The predicted octanol–water partition coefficient (Wildman–Crippen LogP) is 7.55. The number of piperidine rings is 1. The van der Waals surface area contributed by atoms with Gasteiger partial charge in [0.15, 0.2) is 5.75 Å². The first-order valence-corrected chi connectivity index (χ1v) is 14.0. The highest BCUT2D eigenvalue weighted by atomic mass is 35.5. The van der Waals surface area contributed by atoms with Crippen LogP contribution in [0.4, 0.5) is 4.79 Å². The molecule has 1 amide bonds. The van der Waals surface area contributed by atoms with E-state index >= 15 is 0 Å². The first kappa shape index (κ1) is 28.1. The number of imidazole rings is 1. The van der Waals surface area contributed by atoms with Crippen molar-refractivity contribution in [1.82, 2.24) is 14.9 Å². The van der Waals surface area contributed by atoms with Gasteiger partial charge in [-0.2, -0.15) is 0 Å². The summed E-state index contributed by atoms with van der Waals surface area (Å²) in [4.78, 5) is 22.4. The van der Waals surface area contributed by atoms with E-state index in [-0.39, 0.29) is 12.2 Å². The molecule has 0 unspecified atom stereocenters. The van der Waals surface area contributed by atoms with Crippen LogP contribution in [-0.2, 0) is 17.8 Å². The maximum absolute atomic E-state index is 12.3. The summed E-state index contributed by atoms with van der Waals surface area (Å²) in [7, 11) is 0. The van der Waals surface area contributed by atoms with Gasteiger partial charge in [0, 0.05) is 18.1 Å². The zero-order chi connectivity index (χ0) is 27.3. The van der Waals surface area contributed by atoms with Crippen molar-refractivity contribution in [2.24, 2.45) is 5.92 Å². The molecule has 2 heterocycles. The number of hydrogen-bond acceptors (Lipinski definition) is 5. The van der Waals surface area contributed by atoms with Gasteiger partial charge in [-0.15, -0.1) is 0 Å². The number of carbonyl (C=O) groups is 1. The average molecular weight is 542 g/mol. The number of rotatable bonds is 9. The number of benzene rings is 2. The molecule has 0 aliphatic carbocycles. The Morgan fingerprint density at radius 3 is 2.50 bits per heavy atom. The van der Waals surface area contributed by atoms with Crippen LogP contribution in [0.3, 0.4) is 0 Å². The lowest BCUT2D eigenvalue weighted by Gasteiger charge is -2.33. The summed E-state index contributed by atoms with van der Waals surface area (Å²) in [5, 5.41) is 0.676. The third-order valence-corrected chi connectivity index (χ3v) is 6.86. The number of H-pyrrole nitrogens is 1. The fourth-order valence-corrected chi connectivity index (χ4v) is 4.90. The van der Waals surface area contributed by atoms with Gasteiger partial charge in [-0.25, -0.2) is 9.78 Å². The van der Waals surface area contributed by atoms with Crippen LogP contribution in [0.2, 0.25) is 5.02 Å². The van der Waals surface area contributed by atoms with Gasteiger partial charge in [0.05, 0.1) is 11.6 Å². The third kappa shape index (κ3) is 7.79. The molecular weight excluding hydrogens is 502 g/mol. The first-order chi connectivity index (χ1) is 18.1. The normalized spacial score (nSPS) is 14.8. The predicted molar refractivity (Wildman–Crippen MR) is 151 cm³/mol. The molecule has 0 spiro atoms. The molecule has 1 saturated heterocycles. The molecule has 1 aliphatic heterocycles. The van der Waals surface area contributed by atoms with E-state index in [9.17, 15) is 4.79 Å². The molecule has 0 bridgehead atoms. The van der Waals surface area contributed by atoms with Gasteiger partial charge in [0.1, 0.15) is 29.3 Å². The molecule has 1 aliphatic rings. The van der Waals surface area contributed by atoms with Crippen molar-refractivity contribution in [3.05, 3.63) is 52.8 Å². The van der Waals surface area contributed by atoms with Crippen LogP contribution < -0.4 is 9.47 Å². The zero-order valence-electron chi connectivity index (χ0n) is 23.2. The Labute approximate surface area is 230 Å². The minimum atomic E-state index is -0.455. The molecule has 38 heavy (non-hydrogen) atoms. The summed E-state index contributed by atoms with van der Waals surface area (Å²) in [6.07, 6.45) is 5.00. The Morgan fingerprint density at radius 2 is 1.84 bits per heavy atom. The summed E-state index contributed by atoms with van der Waals surface area (Å²) in [6, 6.07) is 11.5. The number of nitrogens with one attached hydrogen (secondary N) is 1. The molecule has 0 radical (unpaired) electrons. The van der Waals surface area contributed by atoms with E-state index < -0.39 is 5.60 Å². The molecule has 0 atom stereocenters. The number of aromatic nitrogens is 2. The minimum absolute atomic E-state index is 0.0435. The van der Waals surface area contributed by atoms with E-state index in [0.29, 0.717) is 17.5 Å². The van der Waals surface area contributed by atoms with Crippen molar-refractivity contribution in [3.63, 3.8) is 0 Å². The Balaban J connectivity index is 1.35. The van der Waals surface area contributed by atoms with Crippen LogP contribution in [0.15, 0.2) is 36.4 Å². The molecule has 1 aromatic heterocycles.